The number of amides is 1. The second-order valence-corrected chi connectivity index (χ2v) is 7.15. The van der Waals surface area contributed by atoms with E-state index in [9.17, 15) is 14.4 Å². The summed E-state index contributed by atoms with van der Waals surface area (Å²) in [6.07, 6.45) is 3.64. The molecule has 0 radical (unpaired) electrons. The Morgan fingerprint density at radius 3 is 2.92 bits per heavy atom. The summed E-state index contributed by atoms with van der Waals surface area (Å²) in [6, 6.07) is 0. The number of hydrogen-bond donors (Lipinski definition) is 1. The third-order valence-corrected chi connectivity index (χ3v) is 4.47. The maximum absolute atomic E-state index is 12.7. The second kappa shape index (κ2) is 7.27. The Kier molecular flexibility index (Phi) is 5.06. The standard InChI is InChI=1S/C17H23N5O4/c1-10(2)7-13-18-15(26-20-13)11-5-4-6-22(8-11)16(24)12-9-21(3)17(25)19-14(12)23/h9-11H,4-8H2,1-3H3,(H,19,23,25). The third kappa shape index (κ3) is 3.76. The molecule has 2 aromatic heterocycles. The van der Waals surface area contributed by atoms with Crippen molar-refractivity contribution in [3.63, 3.8) is 0 Å². The average molecular weight is 361 g/mol. The number of piperidine rings is 1. The number of nitrogens with zero attached hydrogens (tertiary/aromatic N) is 4. The molecule has 3 heterocycles. The van der Waals surface area contributed by atoms with Gasteiger partial charge in [0.2, 0.25) is 5.89 Å². The Balaban J connectivity index is 1.77. The lowest BCUT2D eigenvalue weighted by Crippen LogP contribution is -2.43. The molecule has 1 unspecified atom stereocenters. The number of H-pyrrole nitrogens is 1. The van der Waals surface area contributed by atoms with Gasteiger partial charge in [-0.3, -0.25) is 14.6 Å². The summed E-state index contributed by atoms with van der Waals surface area (Å²) in [4.78, 5) is 44.4. The topological polar surface area (TPSA) is 114 Å². The van der Waals surface area contributed by atoms with Crippen LogP contribution in [-0.4, -0.2) is 43.6 Å². The van der Waals surface area contributed by atoms with E-state index in [2.05, 4.69) is 29.0 Å². The Morgan fingerprint density at radius 1 is 1.42 bits per heavy atom. The number of nitrogens with one attached hydrogen (secondary N) is 1. The molecule has 0 saturated carbocycles. The number of likely N-dealkylation sites (tertiary alicyclic amines) is 1. The predicted octanol–water partition coefficient (Wildman–Crippen LogP) is 0.675. The monoisotopic (exact) mass is 361 g/mol. The molecule has 140 valence electrons. The third-order valence-electron chi connectivity index (χ3n) is 4.47. The van der Waals surface area contributed by atoms with Gasteiger partial charge in [0.25, 0.3) is 11.5 Å². The van der Waals surface area contributed by atoms with Gasteiger partial charge in [-0.05, 0) is 18.8 Å². The van der Waals surface area contributed by atoms with Crippen LogP contribution < -0.4 is 11.2 Å². The molecule has 0 aromatic carbocycles. The van der Waals surface area contributed by atoms with Crippen molar-refractivity contribution in [1.29, 1.82) is 0 Å². The summed E-state index contributed by atoms with van der Waals surface area (Å²) >= 11 is 0. The van der Waals surface area contributed by atoms with Crippen LogP contribution in [0.5, 0.6) is 0 Å². The zero-order valence-corrected chi connectivity index (χ0v) is 15.2. The minimum Gasteiger partial charge on any atom is -0.339 e. The van der Waals surface area contributed by atoms with E-state index in [4.69, 9.17) is 4.52 Å². The highest BCUT2D eigenvalue weighted by Crippen LogP contribution is 2.26. The van der Waals surface area contributed by atoms with E-state index < -0.39 is 17.2 Å². The molecule has 3 rings (SSSR count). The van der Waals surface area contributed by atoms with Gasteiger partial charge in [0.15, 0.2) is 5.82 Å². The fourth-order valence-electron chi connectivity index (χ4n) is 3.13. The first-order valence-electron chi connectivity index (χ1n) is 8.77. The SMILES string of the molecule is CC(C)Cc1noc(C2CCCN(C(=O)c3cn(C)c(=O)[nH]c3=O)C2)n1. The van der Waals surface area contributed by atoms with Crippen molar-refractivity contribution in [1.82, 2.24) is 24.6 Å². The van der Waals surface area contributed by atoms with Crippen molar-refractivity contribution in [2.24, 2.45) is 13.0 Å². The number of carbonyl (C=O) groups is 1. The fraction of sp³-hybridized carbons (Fsp3) is 0.588. The Labute approximate surface area is 150 Å². The van der Waals surface area contributed by atoms with Crippen molar-refractivity contribution in [3.05, 3.63) is 44.3 Å². The fourth-order valence-corrected chi connectivity index (χ4v) is 3.13. The summed E-state index contributed by atoms with van der Waals surface area (Å²) in [5.74, 6) is 1.20. The molecule has 2 aromatic rings. The van der Waals surface area contributed by atoms with Gasteiger partial charge in [0.05, 0.1) is 5.92 Å². The van der Waals surface area contributed by atoms with Gasteiger partial charge in [-0.1, -0.05) is 19.0 Å². The van der Waals surface area contributed by atoms with Gasteiger partial charge in [0, 0.05) is 32.8 Å². The van der Waals surface area contributed by atoms with E-state index >= 15 is 0 Å². The summed E-state index contributed by atoms with van der Waals surface area (Å²) in [5, 5.41) is 4.01. The minimum absolute atomic E-state index is 0.0428. The molecular weight excluding hydrogens is 338 g/mol. The van der Waals surface area contributed by atoms with Gasteiger partial charge in [0.1, 0.15) is 5.56 Å². The normalized spacial score (nSPS) is 17.7. The largest absolute Gasteiger partial charge is 0.339 e. The van der Waals surface area contributed by atoms with Crippen molar-refractivity contribution in [2.75, 3.05) is 13.1 Å². The van der Waals surface area contributed by atoms with Crippen molar-refractivity contribution < 1.29 is 9.32 Å². The van der Waals surface area contributed by atoms with Crippen LogP contribution in [0.15, 0.2) is 20.3 Å². The van der Waals surface area contributed by atoms with Crippen molar-refractivity contribution in [2.45, 2.75) is 39.0 Å². The van der Waals surface area contributed by atoms with E-state index in [-0.39, 0.29) is 11.5 Å². The second-order valence-electron chi connectivity index (χ2n) is 7.15. The first kappa shape index (κ1) is 18.1. The molecule has 0 bridgehead atoms. The zero-order valence-electron chi connectivity index (χ0n) is 15.2. The molecule has 1 aliphatic heterocycles. The van der Waals surface area contributed by atoms with Crippen LogP contribution in [0.3, 0.4) is 0 Å². The van der Waals surface area contributed by atoms with Crippen LogP contribution in [0.2, 0.25) is 0 Å². The first-order valence-corrected chi connectivity index (χ1v) is 8.77. The number of aryl methyl sites for hydroxylation is 1. The van der Waals surface area contributed by atoms with Crippen LogP contribution >= 0.6 is 0 Å². The van der Waals surface area contributed by atoms with E-state index in [0.717, 1.165) is 19.3 Å². The number of aromatic nitrogens is 4. The molecule has 1 aliphatic rings. The van der Waals surface area contributed by atoms with E-state index in [1.165, 1.54) is 17.8 Å². The summed E-state index contributed by atoms with van der Waals surface area (Å²) in [5.41, 5.74) is -1.26. The van der Waals surface area contributed by atoms with Gasteiger partial charge in [-0.25, -0.2) is 4.79 Å². The molecule has 0 aliphatic carbocycles. The highest BCUT2D eigenvalue weighted by atomic mass is 16.5. The summed E-state index contributed by atoms with van der Waals surface area (Å²) in [7, 11) is 1.49. The summed E-state index contributed by atoms with van der Waals surface area (Å²) in [6.45, 7) is 5.12. The maximum Gasteiger partial charge on any atom is 0.328 e. The van der Waals surface area contributed by atoms with Crippen LogP contribution in [0.1, 0.15) is 54.7 Å². The predicted molar refractivity (Wildman–Crippen MR) is 93.0 cm³/mol. The van der Waals surface area contributed by atoms with Gasteiger partial charge in [-0.2, -0.15) is 4.98 Å². The molecule has 9 heteroatoms. The summed E-state index contributed by atoms with van der Waals surface area (Å²) < 4.78 is 6.57. The smallest absolute Gasteiger partial charge is 0.328 e. The first-order chi connectivity index (χ1) is 12.3. The van der Waals surface area contributed by atoms with Gasteiger partial charge in [-0.15, -0.1) is 0 Å². The van der Waals surface area contributed by atoms with E-state index in [1.54, 1.807) is 4.90 Å². The Bertz CT molecular complexity index is 910. The number of rotatable bonds is 4. The molecule has 1 fully saturated rings. The van der Waals surface area contributed by atoms with Crippen LogP contribution in [0, 0.1) is 5.92 Å². The van der Waals surface area contributed by atoms with Gasteiger partial charge < -0.3 is 14.0 Å². The number of hydrogen-bond acceptors (Lipinski definition) is 6. The molecule has 1 amide bonds. The quantitative estimate of drug-likeness (QED) is 0.856. The minimum atomic E-state index is -0.669. The molecule has 9 nitrogen and oxygen atoms in total. The maximum atomic E-state index is 12.7. The van der Waals surface area contributed by atoms with Crippen LogP contribution in [0.4, 0.5) is 0 Å². The highest BCUT2D eigenvalue weighted by Gasteiger charge is 2.30. The number of carbonyl (C=O) groups excluding carboxylic acids is 1. The zero-order chi connectivity index (χ0) is 18.8. The molecular formula is C17H23N5O4. The van der Waals surface area contributed by atoms with Crippen LogP contribution in [0.25, 0.3) is 0 Å². The molecule has 1 atom stereocenters. The molecule has 0 spiro atoms. The molecule has 26 heavy (non-hydrogen) atoms. The molecule has 1 saturated heterocycles. The van der Waals surface area contributed by atoms with Gasteiger partial charge >= 0.3 is 5.69 Å². The Hall–Kier alpha value is -2.71. The van der Waals surface area contributed by atoms with E-state index in [1.807, 2.05) is 0 Å². The van der Waals surface area contributed by atoms with Crippen LogP contribution in [-0.2, 0) is 13.5 Å². The lowest BCUT2D eigenvalue weighted by molar-refractivity contribution is 0.0692. The van der Waals surface area contributed by atoms with Crippen molar-refractivity contribution >= 4 is 5.91 Å². The molecule has 1 N–H and O–H groups in total. The number of aromatic amines is 1. The average Bonchev–Trinajstić information content (AvgIpc) is 3.05. The van der Waals surface area contributed by atoms with Crippen molar-refractivity contribution in [3.8, 4) is 0 Å². The highest BCUT2D eigenvalue weighted by molar-refractivity contribution is 5.93. The Morgan fingerprint density at radius 2 is 2.19 bits per heavy atom. The van der Waals surface area contributed by atoms with E-state index in [0.29, 0.717) is 30.7 Å². The lowest BCUT2D eigenvalue weighted by atomic mass is 9.97. The lowest BCUT2D eigenvalue weighted by Gasteiger charge is -2.30.